The Morgan fingerprint density at radius 3 is 2.52 bits per heavy atom. The Bertz CT molecular complexity index is 734. The molecular weight excluding hydrogens is 311 g/mol. The van der Waals surface area contributed by atoms with E-state index in [4.69, 9.17) is 4.74 Å². The number of carbonyl (C=O) groups excluding carboxylic acids is 1. The highest BCUT2D eigenvalue weighted by molar-refractivity contribution is 5.96. The van der Waals surface area contributed by atoms with Crippen LogP contribution in [0, 0.1) is 27.8 Å². The lowest BCUT2D eigenvalue weighted by atomic mass is 9.82. The van der Waals surface area contributed by atoms with Gasteiger partial charge in [0.15, 0.2) is 0 Å². The molecule has 8 nitrogen and oxygen atoms in total. The molecule has 9 heteroatoms. The second-order valence-corrected chi connectivity index (χ2v) is 5.25. The van der Waals surface area contributed by atoms with Crippen molar-refractivity contribution in [2.45, 2.75) is 12.2 Å². The second kappa shape index (κ2) is 5.43. The Labute approximate surface area is 128 Å². The molecule has 0 aliphatic carbocycles. The van der Waals surface area contributed by atoms with Crippen LogP contribution in [-0.4, -0.2) is 34.1 Å². The number of halogens is 1. The van der Waals surface area contributed by atoms with E-state index in [1.54, 1.807) is 12.2 Å². The first-order chi connectivity index (χ1) is 10.9. The lowest BCUT2D eigenvalue weighted by Gasteiger charge is -2.20. The highest BCUT2D eigenvalue weighted by Crippen LogP contribution is 2.40. The van der Waals surface area contributed by atoms with E-state index in [-0.39, 0.29) is 5.69 Å². The summed E-state index contributed by atoms with van der Waals surface area (Å²) in [6.07, 6.45) is 1.88. The van der Waals surface area contributed by atoms with Gasteiger partial charge in [-0.1, -0.05) is 12.2 Å². The number of benzene rings is 1. The Hall–Kier alpha value is -2.81. The molecule has 120 valence electrons. The number of hydrogen-bond acceptors (Lipinski definition) is 5. The zero-order valence-electron chi connectivity index (χ0n) is 11.5. The molecule has 0 unspecified atom stereocenters. The summed E-state index contributed by atoms with van der Waals surface area (Å²) < 4.78 is 18.7. The molecule has 1 aromatic rings. The second-order valence-electron chi connectivity index (χ2n) is 5.25. The molecule has 0 radical (unpaired) electrons. The maximum atomic E-state index is 13.3. The van der Waals surface area contributed by atoms with E-state index < -0.39 is 52.3 Å². The maximum Gasteiger partial charge on any atom is 0.310 e. The number of nitrogens with zero attached hydrogens (tertiary/aromatic N) is 1. The molecule has 2 heterocycles. The van der Waals surface area contributed by atoms with Crippen LogP contribution in [0.3, 0.4) is 0 Å². The number of nitrogens with one attached hydrogen (secondary N) is 1. The molecule has 2 aliphatic heterocycles. The van der Waals surface area contributed by atoms with Gasteiger partial charge in [0.2, 0.25) is 11.7 Å². The van der Waals surface area contributed by atoms with Gasteiger partial charge < -0.3 is 15.2 Å². The molecular formula is C14H11FN2O6. The fourth-order valence-electron chi connectivity index (χ4n) is 2.87. The van der Waals surface area contributed by atoms with Crippen molar-refractivity contribution in [1.82, 2.24) is 0 Å². The summed E-state index contributed by atoms with van der Waals surface area (Å²) in [6, 6.07) is 2.91. The molecule has 0 saturated carbocycles. The summed E-state index contributed by atoms with van der Waals surface area (Å²) in [5.41, 5.74) is -0.763. The lowest BCUT2D eigenvalue weighted by molar-refractivity contribution is -0.387. The van der Waals surface area contributed by atoms with Crippen LogP contribution in [-0.2, 0) is 14.3 Å². The van der Waals surface area contributed by atoms with Crippen molar-refractivity contribution in [2.24, 2.45) is 11.8 Å². The zero-order chi connectivity index (χ0) is 16.7. The largest absolute Gasteiger partial charge is 0.481 e. The first kappa shape index (κ1) is 15.1. The molecule has 4 atom stereocenters. The van der Waals surface area contributed by atoms with E-state index in [1.165, 1.54) is 6.07 Å². The summed E-state index contributed by atoms with van der Waals surface area (Å²) >= 11 is 0. The van der Waals surface area contributed by atoms with Gasteiger partial charge in [0, 0.05) is 11.8 Å². The number of carboxylic acid groups (broad SMARTS) is 1. The third-order valence-electron chi connectivity index (χ3n) is 3.90. The predicted molar refractivity (Wildman–Crippen MR) is 74.1 cm³/mol. The average Bonchev–Trinajstić information content (AvgIpc) is 3.09. The standard InChI is InChI=1S/C14H11FN2O6/c15-7-2-1-6(5-8(7)17(21)22)16-13(18)11-9-3-4-10(23-9)12(11)14(19)20/h1-5,9-12H,(H,16,18)(H,19,20)/t9-,10+,11+,12-/m0/s1. The number of aliphatic carboxylic acids is 1. The average molecular weight is 322 g/mol. The van der Waals surface area contributed by atoms with Crippen molar-refractivity contribution in [1.29, 1.82) is 0 Å². The molecule has 1 amide bonds. The number of amides is 1. The fraction of sp³-hybridized carbons (Fsp3) is 0.286. The van der Waals surface area contributed by atoms with E-state index >= 15 is 0 Å². The van der Waals surface area contributed by atoms with Crippen molar-refractivity contribution >= 4 is 23.3 Å². The van der Waals surface area contributed by atoms with E-state index in [9.17, 15) is 29.2 Å². The van der Waals surface area contributed by atoms with Gasteiger partial charge in [-0.15, -0.1) is 0 Å². The van der Waals surface area contributed by atoms with Crippen molar-refractivity contribution in [3.63, 3.8) is 0 Å². The van der Waals surface area contributed by atoms with E-state index in [0.29, 0.717) is 0 Å². The highest BCUT2D eigenvalue weighted by Gasteiger charge is 2.53. The summed E-state index contributed by atoms with van der Waals surface area (Å²) in [4.78, 5) is 33.4. The Morgan fingerprint density at radius 1 is 1.26 bits per heavy atom. The van der Waals surface area contributed by atoms with Gasteiger partial charge in [-0.25, -0.2) is 0 Å². The number of anilines is 1. The van der Waals surface area contributed by atoms with Crippen LogP contribution in [0.5, 0.6) is 0 Å². The minimum absolute atomic E-state index is 0.0130. The Balaban J connectivity index is 1.82. The Morgan fingerprint density at radius 2 is 1.91 bits per heavy atom. The summed E-state index contributed by atoms with van der Waals surface area (Å²) in [5, 5.41) is 22.3. The molecule has 2 aliphatic rings. The third-order valence-corrected chi connectivity index (χ3v) is 3.90. The van der Waals surface area contributed by atoms with Crippen LogP contribution < -0.4 is 5.32 Å². The van der Waals surface area contributed by atoms with Gasteiger partial charge in [-0.2, -0.15) is 4.39 Å². The van der Waals surface area contributed by atoms with Crippen molar-refractivity contribution in [3.8, 4) is 0 Å². The molecule has 1 aromatic carbocycles. The van der Waals surface area contributed by atoms with Crippen molar-refractivity contribution in [3.05, 3.63) is 46.3 Å². The van der Waals surface area contributed by atoms with Gasteiger partial charge in [0.25, 0.3) is 0 Å². The summed E-state index contributed by atoms with van der Waals surface area (Å²) in [6.45, 7) is 0. The van der Waals surface area contributed by atoms with Crippen LogP contribution in [0.25, 0.3) is 0 Å². The summed E-state index contributed by atoms with van der Waals surface area (Å²) in [7, 11) is 0. The number of rotatable bonds is 4. The molecule has 1 fully saturated rings. The fourth-order valence-corrected chi connectivity index (χ4v) is 2.87. The van der Waals surface area contributed by atoms with Gasteiger partial charge >= 0.3 is 11.7 Å². The van der Waals surface area contributed by atoms with Crippen molar-refractivity contribution in [2.75, 3.05) is 5.32 Å². The molecule has 0 aromatic heterocycles. The number of ether oxygens (including phenoxy) is 1. The quantitative estimate of drug-likeness (QED) is 0.490. The van der Waals surface area contributed by atoms with E-state index in [1.807, 2.05) is 0 Å². The van der Waals surface area contributed by atoms with Crippen LogP contribution in [0.4, 0.5) is 15.8 Å². The maximum absolute atomic E-state index is 13.3. The molecule has 2 N–H and O–H groups in total. The molecule has 2 bridgehead atoms. The minimum Gasteiger partial charge on any atom is -0.481 e. The van der Waals surface area contributed by atoms with Crippen LogP contribution >= 0.6 is 0 Å². The lowest BCUT2D eigenvalue weighted by Crippen LogP contribution is -2.39. The molecule has 1 saturated heterocycles. The van der Waals surface area contributed by atoms with Crippen molar-refractivity contribution < 1.29 is 28.7 Å². The Kier molecular flexibility index (Phi) is 3.57. The van der Waals surface area contributed by atoms with E-state index in [2.05, 4.69) is 5.32 Å². The first-order valence-electron chi connectivity index (χ1n) is 6.70. The van der Waals surface area contributed by atoms with Crippen LogP contribution in [0.15, 0.2) is 30.4 Å². The van der Waals surface area contributed by atoms with Gasteiger partial charge in [0.05, 0.1) is 23.0 Å². The smallest absolute Gasteiger partial charge is 0.310 e. The predicted octanol–water partition coefficient (Wildman–Crippen LogP) is 1.33. The zero-order valence-corrected chi connectivity index (χ0v) is 11.5. The molecule has 0 spiro atoms. The number of nitro groups is 1. The highest BCUT2D eigenvalue weighted by atomic mass is 19.1. The van der Waals surface area contributed by atoms with Crippen LogP contribution in [0.2, 0.25) is 0 Å². The number of carboxylic acids is 1. The SMILES string of the molecule is O=C(O)[C@@H]1[C@H](C(=O)Nc2ccc(F)c([N+](=O)[O-])c2)[C@@H]2C=C[C@H]1O2. The number of hydrogen-bond donors (Lipinski definition) is 2. The monoisotopic (exact) mass is 322 g/mol. The normalized spacial score (nSPS) is 27.9. The van der Waals surface area contributed by atoms with Gasteiger partial charge in [-0.05, 0) is 12.1 Å². The third kappa shape index (κ3) is 2.55. The number of nitro benzene ring substituents is 1. The molecule has 3 rings (SSSR count). The van der Waals surface area contributed by atoms with Crippen LogP contribution in [0.1, 0.15) is 0 Å². The number of carbonyl (C=O) groups is 2. The minimum atomic E-state index is -1.16. The van der Waals surface area contributed by atoms with E-state index in [0.717, 1.165) is 12.1 Å². The number of fused-ring (bicyclic) bond motifs is 2. The van der Waals surface area contributed by atoms with Gasteiger partial charge in [-0.3, -0.25) is 19.7 Å². The first-order valence-corrected chi connectivity index (χ1v) is 6.70. The molecule has 23 heavy (non-hydrogen) atoms. The van der Waals surface area contributed by atoms with Gasteiger partial charge in [0.1, 0.15) is 5.92 Å². The summed E-state index contributed by atoms with van der Waals surface area (Å²) in [5.74, 6) is -4.81. The topological polar surface area (TPSA) is 119 Å².